The van der Waals surface area contributed by atoms with Gasteiger partial charge in [0.1, 0.15) is 0 Å². The molecule has 0 aliphatic rings. The molecule has 0 radical (unpaired) electrons. The van der Waals surface area contributed by atoms with Crippen molar-refractivity contribution in [1.82, 2.24) is 0 Å². The smallest absolute Gasteiger partial charge is 0.0857 e. The first-order chi connectivity index (χ1) is 9.54. The minimum Gasteiger partial charge on any atom is -0.411 e. The van der Waals surface area contributed by atoms with Crippen LogP contribution in [0.5, 0.6) is 0 Å². The number of halogens is 2. The molecule has 5 heteroatoms. The summed E-state index contributed by atoms with van der Waals surface area (Å²) in [4.78, 5) is 0. The molecule has 2 rings (SSSR count). The van der Waals surface area contributed by atoms with Gasteiger partial charge in [-0.3, -0.25) is 0 Å². The van der Waals surface area contributed by atoms with Crippen LogP contribution in [-0.4, -0.2) is 10.9 Å². The van der Waals surface area contributed by atoms with Crippen LogP contribution in [0.25, 0.3) is 0 Å². The van der Waals surface area contributed by atoms with E-state index in [0.29, 0.717) is 21.4 Å². The molecule has 0 saturated heterocycles. The number of nitrogens with one attached hydrogen (secondary N) is 1. The van der Waals surface area contributed by atoms with Gasteiger partial charge in [0.05, 0.1) is 21.4 Å². The van der Waals surface area contributed by atoms with E-state index in [0.717, 1.165) is 16.8 Å². The Morgan fingerprint density at radius 3 is 2.55 bits per heavy atom. The monoisotopic (exact) mass is 308 g/mol. The normalized spacial score (nSPS) is 11.5. The second kappa shape index (κ2) is 6.16. The van der Waals surface area contributed by atoms with Crippen molar-refractivity contribution in [3.8, 4) is 0 Å². The Balaban J connectivity index is 2.49. The number of rotatable bonds is 3. The zero-order chi connectivity index (χ0) is 14.7. The SMILES string of the molecule is C/C(=N\O)c1ccccc1Nc1c(Cl)ccc(C)c1Cl. The van der Waals surface area contributed by atoms with Crippen molar-refractivity contribution >= 4 is 40.3 Å². The average molecular weight is 309 g/mol. The van der Waals surface area contributed by atoms with Crippen LogP contribution in [0.15, 0.2) is 41.6 Å². The maximum absolute atomic E-state index is 8.94. The van der Waals surface area contributed by atoms with Gasteiger partial charge in [-0.05, 0) is 31.5 Å². The van der Waals surface area contributed by atoms with E-state index in [2.05, 4.69) is 10.5 Å². The van der Waals surface area contributed by atoms with Gasteiger partial charge in [0, 0.05) is 11.3 Å². The van der Waals surface area contributed by atoms with Crippen molar-refractivity contribution in [1.29, 1.82) is 0 Å². The molecule has 0 aromatic heterocycles. The van der Waals surface area contributed by atoms with Crippen molar-refractivity contribution < 1.29 is 5.21 Å². The van der Waals surface area contributed by atoms with Gasteiger partial charge in [-0.15, -0.1) is 0 Å². The molecule has 20 heavy (non-hydrogen) atoms. The minimum atomic E-state index is 0.507. The van der Waals surface area contributed by atoms with Crippen LogP contribution >= 0.6 is 23.2 Å². The topological polar surface area (TPSA) is 44.6 Å². The highest BCUT2D eigenvalue weighted by molar-refractivity contribution is 6.39. The van der Waals surface area contributed by atoms with E-state index in [-0.39, 0.29) is 0 Å². The van der Waals surface area contributed by atoms with Gasteiger partial charge in [0.2, 0.25) is 0 Å². The molecular weight excluding hydrogens is 295 g/mol. The largest absolute Gasteiger partial charge is 0.411 e. The standard InChI is InChI=1S/C15H14Cl2N2O/c1-9-7-8-12(16)15(14(9)17)18-13-6-4-3-5-11(13)10(2)19-20/h3-8,18,20H,1-2H3/b19-10+. The van der Waals surface area contributed by atoms with Crippen LogP contribution in [0.1, 0.15) is 18.1 Å². The first kappa shape index (κ1) is 14.7. The van der Waals surface area contributed by atoms with Crippen LogP contribution in [0.4, 0.5) is 11.4 Å². The number of nitrogens with zero attached hydrogens (tertiary/aromatic N) is 1. The third-order valence-electron chi connectivity index (χ3n) is 3.01. The van der Waals surface area contributed by atoms with Crippen LogP contribution in [0.3, 0.4) is 0 Å². The van der Waals surface area contributed by atoms with Gasteiger partial charge < -0.3 is 10.5 Å². The van der Waals surface area contributed by atoms with Crippen molar-refractivity contribution in [2.75, 3.05) is 5.32 Å². The lowest BCUT2D eigenvalue weighted by Gasteiger charge is -2.15. The fourth-order valence-corrected chi connectivity index (χ4v) is 2.33. The molecule has 2 N–H and O–H groups in total. The summed E-state index contributed by atoms with van der Waals surface area (Å²) in [6, 6.07) is 11.1. The summed E-state index contributed by atoms with van der Waals surface area (Å²) in [7, 11) is 0. The summed E-state index contributed by atoms with van der Waals surface area (Å²) in [5, 5.41) is 16.5. The van der Waals surface area contributed by atoms with Gasteiger partial charge in [0.25, 0.3) is 0 Å². The number of benzene rings is 2. The number of anilines is 2. The fraction of sp³-hybridized carbons (Fsp3) is 0.133. The molecular formula is C15H14Cl2N2O. The van der Waals surface area contributed by atoms with E-state index >= 15 is 0 Å². The summed E-state index contributed by atoms with van der Waals surface area (Å²) in [6.45, 7) is 3.64. The summed E-state index contributed by atoms with van der Waals surface area (Å²) in [5.74, 6) is 0. The molecule has 2 aromatic rings. The molecule has 0 fully saturated rings. The molecule has 0 spiro atoms. The van der Waals surface area contributed by atoms with Gasteiger partial charge >= 0.3 is 0 Å². The highest BCUT2D eigenvalue weighted by Gasteiger charge is 2.11. The predicted molar refractivity (Wildman–Crippen MR) is 84.9 cm³/mol. The van der Waals surface area contributed by atoms with Gasteiger partial charge in [-0.25, -0.2) is 0 Å². The highest BCUT2D eigenvalue weighted by atomic mass is 35.5. The molecule has 0 saturated carbocycles. The van der Waals surface area contributed by atoms with Crippen molar-refractivity contribution in [2.45, 2.75) is 13.8 Å². The molecule has 0 aliphatic carbocycles. The third kappa shape index (κ3) is 2.89. The summed E-state index contributed by atoms with van der Waals surface area (Å²) in [6.07, 6.45) is 0. The van der Waals surface area contributed by atoms with E-state index in [1.165, 1.54) is 0 Å². The van der Waals surface area contributed by atoms with Crippen LogP contribution in [-0.2, 0) is 0 Å². The highest BCUT2D eigenvalue weighted by Crippen LogP contribution is 2.35. The quantitative estimate of drug-likeness (QED) is 0.462. The molecule has 0 atom stereocenters. The Morgan fingerprint density at radius 2 is 1.85 bits per heavy atom. The first-order valence-corrected chi connectivity index (χ1v) is 6.80. The Kier molecular flexibility index (Phi) is 4.53. The number of oxime groups is 1. The predicted octanol–water partition coefficient (Wildman–Crippen LogP) is 5.24. The Labute approximate surface area is 127 Å². The Hall–Kier alpha value is -1.71. The zero-order valence-corrected chi connectivity index (χ0v) is 12.6. The maximum atomic E-state index is 8.94. The minimum absolute atomic E-state index is 0.507. The molecule has 0 bridgehead atoms. The van der Waals surface area contributed by atoms with Crippen LogP contribution in [0.2, 0.25) is 10.0 Å². The van der Waals surface area contributed by atoms with Gasteiger partial charge in [-0.2, -0.15) is 0 Å². The van der Waals surface area contributed by atoms with Crippen molar-refractivity contribution in [3.05, 3.63) is 57.6 Å². The number of aryl methyl sites for hydroxylation is 1. The lowest BCUT2D eigenvalue weighted by Crippen LogP contribution is -2.02. The first-order valence-electron chi connectivity index (χ1n) is 6.04. The van der Waals surface area contributed by atoms with E-state index in [9.17, 15) is 0 Å². The second-order valence-electron chi connectivity index (χ2n) is 4.41. The van der Waals surface area contributed by atoms with E-state index in [1.54, 1.807) is 13.0 Å². The Morgan fingerprint density at radius 1 is 1.15 bits per heavy atom. The van der Waals surface area contributed by atoms with Crippen molar-refractivity contribution in [2.24, 2.45) is 5.16 Å². The number of hydrogen-bond acceptors (Lipinski definition) is 3. The number of para-hydroxylation sites is 1. The lowest BCUT2D eigenvalue weighted by molar-refractivity contribution is 0.319. The summed E-state index contributed by atoms with van der Waals surface area (Å²) in [5.41, 5.74) is 3.64. The molecule has 0 unspecified atom stereocenters. The maximum Gasteiger partial charge on any atom is 0.0857 e. The summed E-state index contributed by atoms with van der Waals surface area (Å²) < 4.78 is 0. The molecule has 2 aromatic carbocycles. The molecule has 3 nitrogen and oxygen atoms in total. The fourth-order valence-electron chi connectivity index (χ4n) is 1.87. The second-order valence-corrected chi connectivity index (χ2v) is 5.19. The zero-order valence-electron chi connectivity index (χ0n) is 11.1. The van der Waals surface area contributed by atoms with E-state index in [1.807, 2.05) is 37.3 Å². The third-order valence-corrected chi connectivity index (χ3v) is 3.81. The summed E-state index contributed by atoms with van der Waals surface area (Å²) >= 11 is 12.5. The molecule has 0 aliphatic heterocycles. The van der Waals surface area contributed by atoms with Crippen molar-refractivity contribution in [3.63, 3.8) is 0 Å². The van der Waals surface area contributed by atoms with Crippen LogP contribution < -0.4 is 5.32 Å². The molecule has 104 valence electrons. The van der Waals surface area contributed by atoms with Gasteiger partial charge in [0.15, 0.2) is 0 Å². The van der Waals surface area contributed by atoms with Gasteiger partial charge in [-0.1, -0.05) is 52.6 Å². The van der Waals surface area contributed by atoms with E-state index in [4.69, 9.17) is 28.4 Å². The Bertz CT molecular complexity index is 669. The van der Waals surface area contributed by atoms with Crippen LogP contribution in [0, 0.1) is 6.92 Å². The van der Waals surface area contributed by atoms with E-state index < -0.39 is 0 Å². The molecule has 0 heterocycles. The lowest BCUT2D eigenvalue weighted by atomic mass is 10.1. The number of hydrogen-bond donors (Lipinski definition) is 2. The molecule has 0 amide bonds. The average Bonchev–Trinajstić information content (AvgIpc) is 2.47.